The minimum atomic E-state index is -0.523. The van der Waals surface area contributed by atoms with Crippen LogP contribution >= 0.6 is 15.9 Å². The van der Waals surface area contributed by atoms with Gasteiger partial charge in [-0.15, -0.1) is 0 Å². The van der Waals surface area contributed by atoms with Crippen molar-refractivity contribution >= 4 is 35.8 Å². The molecule has 2 fully saturated rings. The topological polar surface area (TPSA) is 46.2 Å². The predicted molar refractivity (Wildman–Crippen MR) is 321 cm³/mol. The van der Waals surface area contributed by atoms with Crippen LogP contribution in [-0.2, 0) is 34.1 Å². The number of hydrogen-bond donors (Lipinski definition) is 0. The number of benzene rings is 8. The molecule has 390 valence electrons. The van der Waals surface area contributed by atoms with Crippen LogP contribution in [0.15, 0.2) is 186 Å². The minimum absolute atomic E-state index is 0. The van der Waals surface area contributed by atoms with E-state index in [9.17, 15) is 0 Å². The van der Waals surface area contributed by atoms with Crippen LogP contribution in [0.4, 0.5) is 0 Å². The Bertz CT molecular complexity index is 3420. The molecule has 2 spiro atoms. The predicted octanol–water partition coefficient (Wildman–Crippen LogP) is 13.7. The molecule has 0 aromatic heterocycles. The molecular weight excluding hydrogens is 1020 g/mol. The first-order valence-electron chi connectivity index (χ1n) is 27.5. The SMILES string of the molecule is Brc1ccc2c(c1)-c1ccccc1C21c2ccccc2-c2ccccc21.CC(C)OB1OC(C)(C)C(C)(C)O1.CC1(C)OB(c2ccc3c(c2)-c2ccccc2C32c3ccccc3-c3ccccc32)OC1(C)C.[CH2-]CCC.[Li+]. The van der Waals surface area contributed by atoms with Gasteiger partial charge in [-0.1, -0.05) is 199 Å². The van der Waals surface area contributed by atoms with Gasteiger partial charge in [-0.2, -0.15) is 6.42 Å². The largest absolute Gasteiger partial charge is 1.00 e. The second-order valence-corrected chi connectivity index (χ2v) is 24.4. The van der Waals surface area contributed by atoms with Gasteiger partial charge in [-0.25, -0.2) is 0 Å². The van der Waals surface area contributed by atoms with E-state index in [1.165, 1.54) is 95.4 Å². The molecule has 78 heavy (non-hydrogen) atoms. The average Bonchev–Trinajstić information content (AvgIpc) is 4.30. The van der Waals surface area contributed by atoms with Crippen LogP contribution in [0.5, 0.6) is 0 Å². The maximum absolute atomic E-state index is 6.41. The van der Waals surface area contributed by atoms with E-state index in [4.69, 9.17) is 23.3 Å². The molecule has 2 saturated heterocycles. The first-order valence-corrected chi connectivity index (χ1v) is 28.3. The van der Waals surface area contributed by atoms with Gasteiger partial charge in [0, 0.05) is 10.6 Å². The quantitative estimate of drug-likeness (QED) is 0.130. The summed E-state index contributed by atoms with van der Waals surface area (Å²) in [5, 5.41) is 0. The molecule has 0 N–H and O–H groups in total. The third kappa shape index (κ3) is 8.81. The van der Waals surface area contributed by atoms with E-state index in [0.29, 0.717) is 0 Å². The second kappa shape index (κ2) is 21.0. The second-order valence-electron chi connectivity index (χ2n) is 23.4. The molecule has 0 radical (unpaired) electrons. The molecule has 0 saturated carbocycles. The number of fused-ring (bicyclic) bond motifs is 20. The van der Waals surface area contributed by atoms with E-state index in [-0.39, 0.29) is 65.3 Å². The maximum atomic E-state index is 6.41. The Morgan fingerprint density at radius 2 is 0.705 bits per heavy atom. The molecule has 0 bridgehead atoms. The molecule has 9 heteroatoms. The van der Waals surface area contributed by atoms with Crippen LogP contribution in [0.3, 0.4) is 0 Å². The fraction of sp³-hybridized carbons (Fsp3) is 0.290. The zero-order valence-electron chi connectivity index (χ0n) is 47.6. The van der Waals surface area contributed by atoms with Crippen LogP contribution in [0.2, 0.25) is 0 Å². The van der Waals surface area contributed by atoms with Crippen molar-refractivity contribution in [1.29, 1.82) is 0 Å². The van der Waals surface area contributed by atoms with Gasteiger partial charge in [-0.05, 0) is 176 Å². The van der Waals surface area contributed by atoms with Gasteiger partial charge in [0.05, 0.1) is 33.2 Å². The average molecular weight is 1090 g/mol. The van der Waals surface area contributed by atoms with Crippen LogP contribution in [0.1, 0.15) is 134 Å². The Morgan fingerprint density at radius 3 is 1.04 bits per heavy atom. The smallest absolute Gasteiger partial charge is 0.399 e. The normalized spacial score (nSPS) is 18.1. The van der Waals surface area contributed by atoms with Gasteiger partial charge in [0.1, 0.15) is 0 Å². The molecule has 4 aliphatic carbocycles. The summed E-state index contributed by atoms with van der Waals surface area (Å²) in [7, 11) is -0.896. The Labute approximate surface area is 485 Å². The van der Waals surface area contributed by atoms with Crippen LogP contribution in [0, 0.1) is 6.92 Å². The van der Waals surface area contributed by atoms with Gasteiger partial charge < -0.3 is 30.2 Å². The van der Waals surface area contributed by atoms with Crippen LogP contribution in [0.25, 0.3) is 44.5 Å². The van der Waals surface area contributed by atoms with E-state index in [2.05, 4.69) is 239 Å². The molecule has 0 unspecified atom stereocenters. The van der Waals surface area contributed by atoms with Gasteiger partial charge in [0.25, 0.3) is 0 Å². The molecule has 8 aromatic rings. The van der Waals surface area contributed by atoms with Crippen molar-refractivity contribution < 1.29 is 42.1 Å². The Kier molecular flexibility index (Phi) is 15.1. The Morgan fingerprint density at radius 1 is 0.423 bits per heavy atom. The minimum Gasteiger partial charge on any atom is -0.399 e. The molecule has 0 amide bonds. The first-order chi connectivity index (χ1) is 36.8. The van der Waals surface area contributed by atoms with Crippen molar-refractivity contribution in [1.82, 2.24) is 0 Å². The van der Waals surface area contributed by atoms with Crippen molar-refractivity contribution in [2.75, 3.05) is 0 Å². The molecule has 5 nitrogen and oxygen atoms in total. The molecule has 14 rings (SSSR count). The van der Waals surface area contributed by atoms with Gasteiger partial charge in [0.15, 0.2) is 0 Å². The van der Waals surface area contributed by atoms with Crippen molar-refractivity contribution in [3.63, 3.8) is 0 Å². The molecular formula is C69H70B2BrLiO5. The molecule has 0 atom stereocenters. The van der Waals surface area contributed by atoms with Crippen molar-refractivity contribution in [3.8, 4) is 44.5 Å². The Hall–Kier alpha value is -5.23. The summed E-state index contributed by atoms with van der Waals surface area (Å²) in [5.41, 5.74) is 20.9. The summed E-state index contributed by atoms with van der Waals surface area (Å²) in [4.78, 5) is 0. The Balaban J connectivity index is 0.000000138. The summed E-state index contributed by atoms with van der Waals surface area (Å²) < 4.78 is 30.6. The van der Waals surface area contributed by atoms with E-state index in [0.717, 1.165) is 16.4 Å². The number of hydrogen-bond acceptors (Lipinski definition) is 5. The first kappa shape index (κ1) is 56.1. The van der Waals surface area contributed by atoms with E-state index in [1.54, 1.807) is 0 Å². The van der Waals surface area contributed by atoms with Crippen molar-refractivity contribution in [2.45, 2.75) is 128 Å². The fourth-order valence-electron chi connectivity index (χ4n) is 12.4. The maximum Gasteiger partial charge on any atom is 1.00 e. The third-order valence-electron chi connectivity index (χ3n) is 17.5. The summed E-state index contributed by atoms with van der Waals surface area (Å²) >= 11 is 3.68. The third-order valence-corrected chi connectivity index (χ3v) is 18.0. The van der Waals surface area contributed by atoms with Gasteiger partial charge >= 0.3 is 33.3 Å². The van der Waals surface area contributed by atoms with E-state index < -0.39 is 7.32 Å². The zero-order valence-corrected chi connectivity index (χ0v) is 49.2. The molecule has 2 aliphatic heterocycles. The molecule has 6 aliphatic rings. The van der Waals surface area contributed by atoms with E-state index in [1.807, 2.05) is 41.5 Å². The van der Waals surface area contributed by atoms with Crippen molar-refractivity contribution in [2.24, 2.45) is 0 Å². The zero-order chi connectivity index (χ0) is 54.3. The van der Waals surface area contributed by atoms with E-state index >= 15 is 0 Å². The number of halogens is 1. The summed E-state index contributed by atoms with van der Waals surface area (Å²) in [5.74, 6) is 0. The number of unbranched alkanes of at least 4 members (excludes halogenated alkanes) is 1. The van der Waals surface area contributed by atoms with Crippen molar-refractivity contribution in [3.05, 3.63) is 238 Å². The van der Waals surface area contributed by atoms with Gasteiger partial charge in [-0.3, -0.25) is 0 Å². The van der Waals surface area contributed by atoms with Gasteiger partial charge in [0.2, 0.25) is 0 Å². The molecule has 2 heterocycles. The van der Waals surface area contributed by atoms with Crippen LogP contribution < -0.4 is 24.3 Å². The number of rotatable bonds is 4. The summed E-state index contributed by atoms with van der Waals surface area (Å²) in [6, 6.07) is 66.9. The fourth-order valence-corrected chi connectivity index (χ4v) is 12.7. The monoisotopic (exact) mass is 1090 g/mol. The standard InChI is InChI=1S/C31H27BO2.C25H15Br.C9H19BO3.C4H9.Li/c1-29(2)30(3,4)34-32(33-29)20-17-18-28-24(19-20)23-13-7-10-16-27(23)31(28)25-14-8-5-11-21(25)22-12-6-9-15-26(22)31;26-16-13-14-24-20(15-16)19-9-3-6-12-23(19)25(24)21-10-4-1-7-17(21)18-8-2-5-11-22(18)25;1-7(2)11-10-12-8(3,4)9(5,6)13-10;1-3-4-2;/h5-19H,1-4H3;1-15H;7H,1-6H3;1,3-4H2,2H3;/q;;;-1;+1. The summed E-state index contributed by atoms with van der Waals surface area (Å²) in [6.07, 6.45) is 2.40. The van der Waals surface area contributed by atoms with Crippen LogP contribution in [-0.4, -0.2) is 42.9 Å². The molecule has 8 aromatic carbocycles. The summed E-state index contributed by atoms with van der Waals surface area (Å²) in [6.45, 7) is 26.1.